The number of hydrogen-bond acceptors (Lipinski definition) is 3. The first-order valence-corrected chi connectivity index (χ1v) is 8.77. The topological polar surface area (TPSA) is 49.6 Å². The molecule has 1 saturated heterocycles. The second kappa shape index (κ2) is 10.2. The maximum absolute atomic E-state index is 12.3. The molecule has 124 valence electrons. The molecule has 1 fully saturated rings. The van der Waals surface area contributed by atoms with Gasteiger partial charge in [-0.2, -0.15) is 0 Å². The molecule has 1 unspecified atom stereocenters. The average molecular weight is 297 g/mol. The van der Waals surface area contributed by atoms with E-state index in [4.69, 9.17) is 5.73 Å². The minimum atomic E-state index is 0.342. The van der Waals surface area contributed by atoms with Crippen LogP contribution in [0.5, 0.6) is 0 Å². The number of carbonyl (C=O) groups excluding carboxylic acids is 1. The molecule has 4 heteroatoms. The summed E-state index contributed by atoms with van der Waals surface area (Å²) in [5.74, 6) is 1.72. The van der Waals surface area contributed by atoms with E-state index in [2.05, 4.69) is 30.6 Å². The van der Waals surface area contributed by atoms with E-state index in [1.165, 1.54) is 13.0 Å². The summed E-state index contributed by atoms with van der Waals surface area (Å²) in [5.41, 5.74) is 5.62. The van der Waals surface area contributed by atoms with Gasteiger partial charge in [0.15, 0.2) is 0 Å². The maximum Gasteiger partial charge on any atom is 0.222 e. The molecule has 0 aromatic rings. The Labute approximate surface area is 131 Å². The lowest BCUT2D eigenvalue weighted by atomic mass is 9.96. The van der Waals surface area contributed by atoms with Gasteiger partial charge in [-0.25, -0.2) is 0 Å². The predicted molar refractivity (Wildman–Crippen MR) is 89.2 cm³/mol. The standard InChI is InChI=1S/C17H35N3O/c1-4-16(7-9-18)5-6-17(21)20-13-11-19(12-14-20)10-8-15(2)3/h15-16H,4-14,18H2,1-3H3. The summed E-state index contributed by atoms with van der Waals surface area (Å²) in [6.07, 6.45) is 5.13. The Morgan fingerprint density at radius 3 is 2.29 bits per heavy atom. The van der Waals surface area contributed by atoms with Gasteiger partial charge in [-0.3, -0.25) is 9.69 Å². The van der Waals surface area contributed by atoms with Gasteiger partial charge in [-0.1, -0.05) is 27.2 Å². The lowest BCUT2D eigenvalue weighted by Crippen LogP contribution is -2.49. The summed E-state index contributed by atoms with van der Waals surface area (Å²) in [5, 5.41) is 0. The largest absolute Gasteiger partial charge is 0.340 e. The number of rotatable bonds is 9. The fraction of sp³-hybridized carbons (Fsp3) is 0.941. The van der Waals surface area contributed by atoms with E-state index in [0.717, 1.165) is 57.9 Å². The monoisotopic (exact) mass is 297 g/mol. The number of amides is 1. The molecule has 0 aromatic heterocycles. The van der Waals surface area contributed by atoms with E-state index in [1.807, 2.05) is 0 Å². The van der Waals surface area contributed by atoms with Crippen molar-refractivity contribution in [2.75, 3.05) is 39.3 Å². The number of nitrogens with zero attached hydrogens (tertiary/aromatic N) is 2. The van der Waals surface area contributed by atoms with Crippen molar-refractivity contribution in [2.45, 2.75) is 52.9 Å². The van der Waals surface area contributed by atoms with Crippen LogP contribution in [0.3, 0.4) is 0 Å². The lowest BCUT2D eigenvalue weighted by Gasteiger charge is -2.35. The van der Waals surface area contributed by atoms with Crippen LogP contribution in [-0.4, -0.2) is 55.0 Å². The van der Waals surface area contributed by atoms with Crippen molar-refractivity contribution >= 4 is 5.91 Å². The van der Waals surface area contributed by atoms with Gasteiger partial charge in [0.05, 0.1) is 0 Å². The maximum atomic E-state index is 12.3. The van der Waals surface area contributed by atoms with Gasteiger partial charge in [-0.15, -0.1) is 0 Å². The molecule has 21 heavy (non-hydrogen) atoms. The quantitative estimate of drug-likeness (QED) is 0.710. The molecule has 1 amide bonds. The molecule has 0 aromatic carbocycles. The minimum Gasteiger partial charge on any atom is -0.340 e. The third-order valence-corrected chi connectivity index (χ3v) is 4.67. The van der Waals surface area contributed by atoms with Crippen molar-refractivity contribution < 1.29 is 4.79 Å². The molecule has 1 atom stereocenters. The summed E-state index contributed by atoms with van der Waals surface area (Å²) >= 11 is 0. The highest BCUT2D eigenvalue weighted by molar-refractivity contribution is 5.76. The van der Waals surface area contributed by atoms with Crippen molar-refractivity contribution in [3.63, 3.8) is 0 Å². The highest BCUT2D eigenvalue weighted by atomic mass is 16.2. The zero-order chi connectivity index (χ0) is 15.7. The van der Waals surface area contributed by atoms with Crippen LogP contribution < -0.4 is 5.73 Å². The summed E-state index contributed by atoms with van der Waals surface area (Å²) < 4.78 is 0. The van der Waals surface area contributed by atoms with E-state index in [1.54, 1.807) is 0 Å². The van der Waals surface area contributed by atoms with Crippen LogP contribution in [0.1, 0.15) is 52.9 Å². The van der Waals surface area contributed by atoms with Crippen LogP contribution in [0.15, 0.2) is 0 Å². The molecule has 1 aliphatic rings. The summed E-state index contributed by atoms with van der Waals surface area (Å²) in [6.45, 7) is 12.5. The van der Waals surface area contributed by atoms with Crippen LogP contribution >= 0.6 is 0 Å². The van der Waals surface area contributed by atoms with Crippen LogP contribution in [-0.2, 0) is 4.79 Å². The molecule has 1 aliphatic heterocycles. The number of piperazine rings is 1. The second-order valence-electron chi connectivity index (χ2n) is 6.80. The molecule has 1 heterocycles. The van der Waals surface area contributed by atoms with Gasteiger partial charge >= 0.3 is 0 Å². The Hall–Kier alpha value is -0.610. The van der Waals surface area contributed by atoms with Gasteiger partial charge in [0.2, 0.25) is 5.91 Å². The van der Waals surface area contributed by atoms with E-state index in [-0.39, 0.29) is 0 Å². The summed E-state index contributed by atoms with van der Waals surface area (Å²) in [7, 11) is 0. The second-order valence-corrected chi connectivity index (χ2v) is 6.80. The normalized spacial score (nSPS) is 18.2. The third kappa shape index (κ3) is 7.28. The first-order chi connectivity index (χ1) is 10.1. The highest BCUT2D eigenvalue weighted by Crippen LogP contribution is 2.16. The number of nitrogens with two attached hydrogens (primary N) is 1. The molecule has 2 N–H and O–H groups in total. The van der Waals surface area contributed by atoms with Crippen LogP contribution in [0, 0.1) is 11.8 Å². The smallest absolute Gasteiger partial charge is 0.222 e. The highest BCUT2D eigenvalue weighted by Gasteiger charge is 2.21. The van der Waals surface area contributed by atoms with E-state index in [0.29, 0.717) is 18.2 Å². The van der Waals surface area contributed by atoms with Crippen molar-refractivity contribution in [2.24, 2.45) is 17.6 Å². The van der Waals surface area contributed by atoms with Gasteiger partial charge < -0.3 is 10.6 Å². The van der Waals surface area contributed by atoms with Crippen LogP contribution in [0.4, 0.5) is 0 Å². The molecular weight excluding hydrogens is 262 g/mol. The molecule has 0 bridgehead atoms. The van der Waals surface area contributed by atoms with E-state index in [9.17, 15) is 4.79 Å². The first-order valence-electron chi connectivity index (χ1n) is 8.77. The van der Waals surface area contributed by atoms with E-state index >= 15 is 0 Å². The number of hydrogen-bond donors (Lipinski definition) is 1. The Balaban J connectivity index is 2.22. The molecule has 0 aliphatic carbocycles. The zero-order valence-corrected chi connectivity index (χ0v) is 14.3. The van der Waals surface area contributed by atoms with Gasteiger partial charge in [-0.05, 0) is 44.2 Å². The van der Waals surface area contributed by atoms with Crippen molar-refractivity contribution in [1.29, 1.82) is 0 Å². The Morgan fingerprint density at radius 1 is 1.10 bits per heavy atom. The summed E-state index contributed by atoms with van der Waals surface area (Å²) in [4.78, 5) is 16.8. The van der Waals surface area contributed by atoms with Gasteiger partial charge in [0.1, 0.15) is 0 Å². The van der Waals surface area contributed by atoms with Crippen LogP contribution in [0.25, 0.3) is 0 Å². The molecule has 0 spiro atoms. The SMILES string of the molecule is CCC(CCN)CCC(=O)N1CCN(CCC(C)C)CC1. The fourth-order valence-corrected chi connectivity index (χ4v) is 2.94. The number of carbonyl (C=O) groups is 1. The minimum absolute atomic E-state index is 0.342. The van der Waals surface area contributed by atoms with Crippen molar-refractivity contribution in [3.05, 3.63) is 0 Å². The molecule has 1 rings (SSSR count). The van der Waals surface area contributed by atoms with Gasteiger partial charge in [0, 0.05) is 32.6 Å². The van der Waals surface area contributed by atoms with E-state index < -0.39 is 0 Å². The Kier molecular flexibility index (Phi) is 8.93. The Morgan fingerprint density at radius 2 is 1.76 bits per heavy atom. The lowest BCUT2D eigenvalue weighted by molar-refractivity contribution is -0.133. The average Bonchev–Trinajstić information content (AvgIpc) is 2.49. The molecule has 0 saturated carbocycles. The summed E-state index contributed by atoms with van der Waals surface area (Å²) in [6, 6.07) is 0. The van der Waals surface area contributed by atoms with Crippen molar-refractivity contribution in [3.8, 4) is 0 Å². The molecular formula is C17H35N3O. The van der Waals surface area contributed by atoms with Crippen LogP contribution in [0.2, 0.25) is 0 Å². The third-order valence-electron chi connectivity index (χ3n) is 4.67. The Bertz CT molecular complexity index is 286. The fourth-order valence-electron chi connectivity index (χ4n) is 2.94. The van der Waals surface area contributed by atoms with Gasteiger partial charge in [0.25, 0.3) is 0 Å². The van der Waals surface area contributed by atoms with Crippen molar-refractivity contribution in [1.82, 2.24) is 9.80 Å². The predicted octanol–water partition coefficient (Wildman–Crippen LogP) is 2.33. The first kappa shape index (κ1) is 18.4. The molecule has 4 nitrogen and oxygen atoms in total. The molecule has 0 radical (unpaired) electrons. The zero-order valence-electron chi connectivity index (χ0n) is 14.3.